The number of anilines is 2. The SMILES string of the molecule is Cc1ccc(S(=O)(=O)N2CCN(C(C)c3nc(Nc4ccc(C(C)C)cc4)c4ccccc4n3)CC2)cc1. The quantitative estimate of drug-likeness (QED) is 0.322. The van der Waals surface area contributed by atoms with Crippen molar-refractivity contribution in [1.29, 1.82) is 0 Å². The van der Waals surface area contributed by atoms with E-state index in [2.05, 4.69) is 55.3 Å². The fourth-order valence-corrected chi connectivity index (χ4v) is 6.24. The lowest BCUT2D eigenvalue weighted by Gasteiger charge is -2.36. The summed E-state index contributed by atoms with van der Waals surface area (Å²) in [6.07, 6.45) is 0. The van der Waals surface area contributed by atoms with E-state index in [4.69, 9.17) is 9.97 Å². The highest BCUT2D eigenvalue weighted by Gasteiger charge is 2.31. The number of aromatic nitrogens is 2. The summed E-state index contributed by atoms with van der Waals surface area (Å²) >= 11 is 0. The van der Waals surface area contributed by atoms with Gasteiger partial charge in [-0.15, -0.1) is 0 Å². The van der Waals surface area contributed by atoms with Gasteiger partial charge >= 0.3 is 0 Å². The van der Waals surface area contributed by atoms with Gasteiger partial charge < -0.3 is 5.32 Å². The predicted octanol–water partition coefficient (Wildman–Crippen LogP) is 5.87. The normalized spacial score (nSPS) is 16.1. The van der Waals surface area contributed by atoms with E-state index in [0.29, 0.717) is 37.0 Å². The maximum Gasteiger partial charge on any atom is 0.243 e. The second-order valence-corrected chi connectivity index (χ2v) is 12.2. The number of benzene rings is 3. The molecule has 1 unspecified atom stereocenters. The molecule has 4 aromatic rings. The van der Waals surface area contributed by atoms with Crippen LogP contribution in [-0.2, 0) is 10.0 Å². The van der Waals surface area contributed by atoms with Gasteiger partial charge in [-0.1, -0.05) is 55.8 Å². The van der Waals surface area contributed by atoms with Gasteiger partial charge in [0.15, 0.2) is 0 Å². The van der Waals surface area contributed by atoms with Crippen LogP contribution in [0.15, 0.2) is 77.7 Å². The summed E-state index contributed by atoms with van der Waals surface area (Å²) in [6.45, 7) is 10.5. The first kappa shape index (κ1) is 26.3. The van der Waals surface area contributed by atoms with Crippen LogP contribution in [0.3, 0.4) is 0 Å². The molecule has 1 atom stereocenters. The maximum absolute atomic E-state index is 13.1. The van der Waals surface area contributed by atoms with E-state index in [-0.39, 0.29) is 6.04 Å². The molecule has 0 saturated carbocycles. The van der Waals surface area contributed by atoms with Crippen molar-refractivity contribution in [3.05, 3.63) is 89.7 Å². The van der Waals surface area contributed by atoms with Crippen molar-refractivity contribution < 1.29 is 8.42 Å². The first-order chi connectivity index (χ1) is 18.2. The van der Waals surface area contributed by atoms with Crippen molar-refractivity contribution in [3.8, 4) is 0 Å². The second-order valence-electron chi connectivity index (χ2n) is 10.3. The Morgan fingerprint density at radius 3 is 2.13 bits per heavy atom. The minimum absolute atomic E-state index is 0.0623. The van der Waals surface area contributed by atoms with Gasteiger partial charge in [0.1, 0.15) is 11.6 Å². The molecule has 0 bridgehead atoms. The van der Waals surface area contributed by atoms with Crippen LogP contribution in [-0.4, -0.2) is 53.8 Å². The van der Waals surface area contributed by atoms with E-state index in [0.717, 1.165) is 33.8 Å². The highest BCUT2D eigenvalue weighted by Crippen LogP contribution is 2.29. The Bertz CT molecular complexity index is 1510. The zero-order valence-electron chi connectivity index (χ0n) is 22.4. The number of nitrogens with one attached hydrogen (secondary N) is 1. The van der Waals surface area contributed by atoms with Crippen molar-refractivity contribution >= 4 is 32.4 Å². The van der Waals surface area contributed by atoms with Crippen LogP contribution in [0.5, 0.6) is 0 Å². The van der Waals surface area contributed by atoms with Crippen molar-refractivity contribution in [2.24, 2.45) is 0 Å². The minimum Gasteiger partial charge on any atom is -0.340 e. The third-order valence-corrected chi connectivity index (χ3v) is 9.23. The lowest BCUT2D eigenvalue weighted by molar-refractivity contribution is 0.141. The molecule has 1 aliphatic heterocycles. The third kappa shape index (κ3) is 5.43. The molecule has 1 saturated heterocycles. The molecule has 7 nitrogen and oxygen atoms in total. The third-order valence-electron chi connectivity index (χ3n) is 7.31. The molecular formula is C30H35N5O2S. The van der Waals surface area contributed by atoms with Crippen LogP contribution < -0.4 is 5.32 Å². The molecule has 0 aliphatic carbocycles. The molecule has 8 heteroatoms. The van der Waals surface area contributed by atoms with Gasteiger partial charge in [0.25, 0.3) is 0 Å². The number of rotatable bonds is 7. The van der Waals surface area contributed by atoms with Gasteiger partial charge in [-0.2, -0.15) is 4.31 Å². The van der Waals surface area contributed by atoms with E-state index >= 15 is 0 Å². The zero-order chi connectivity index (χ0) is 26.9. The smallest absolute Gasteiger partial charge is 0.243 e. The predicted molar refractivity (Wildman–Crippen MR) is 153 cm³/mol. The lowest BCUT2D eigenvalue weighted by atomic mass is 10.0. The minimum atomic E-state index is -3.51. The Morgan fingerprint density at radius 2 is 1.47 bits per heavy atom. The average Bonchev–Trinajstić information content (AvgIpc) is 2.93. The van der Waals surface area contributed by atoms with E-state index in [1.807, 2.05) is 43.3 Å². The van der Waals surface area contributed by atoms with Gasteiger partial charge in [-0.25, -0.2) is 18.4 Å². The number of nitrogens with zero attached hydrogens (tertiary/aromatic N) is 4. The van der Waals surface area contributed by atoms with Crippen LogP contribution in [0, 0.1) is 6.92 Å². The molecule has 1 fully saturated rings. The largest absolute Gasteiger partial charge is 0.340 e. The first-order valence-electron chi connectivity index (χ1n) is 13.2. The number of piperazine rings is 1. The van der Waals surface area contributed by atoms with E-state index in [9.17, 15) is 8.42 Å². The monoisotopic (exact) mass is 529 g/mol. The Labute approximate surface area is 225 Å². The number of sulfonamides is 1. The summed E-state index contributed by atoms with van der Waals surface area (Å²) < 4.78 is 27.9. The van der Waals surface area contributed by atoms with Crippen LogP contribution in [0.1, 0.15) is 49.7 Å². The number of hydrogen-bond donors (Lipinski definition) is 1. The standard InChI is InChI=1S/C30H35N5O2S/c1-21(2)24-11-13-25(14-12-24)31-30-27-7-5-6-8-28(27)32-29(33-30)23(4)34-17-19-35(20-18-34)38(36,37)26-15-9-22(3)10-16-26/h5-16,21,23H,17-20H2,1-4H3,(H,31,32,33). The molecule has 0 radical (unpaired) electrons. The summed E-state index contributed by atoms with van der Waals surface area (Å²) in [5, 5.41) is 4.47. The van der Waals surface area contributed by atoms with Gasteiger partial charge in [0.05, 0.1) is 16.5 Å². The molecule has 1 aromatic heterocycles. The molecule has 2 heterocycles. The molecule has 38 heavy (non-hydrogen) atoms. The Balaban J connectivity index is 1.35. The fourth-order valence-electron chi connectivity index (χ4n) is 4.82. The van der Waals surface area contributed by atoms with Crippen LogP contribution in [0.4, 0.5) is 11.5 Å². The van der Waals surface area contributed by atoms with Crippen molar-refractivity contribution in [3.63, 3.8) is 0 Å². The zero-order valence-corrected chi connectivity index (χ0v) is 23.2. The topological polar surface area (TPSA) is 78.4 Å². The summed E-state index contributed by atoms with van der Waals surface area (Å²) in [6, 6.07) is 23.5. The number of hydrogen-bond acceptors (Lipinski definition) is 6. The maximum atomic E-state index is 13.1. The highest BCUT2D eigenvalue weighted by molar-refractivity contribution is 7.89. The van der Waals surface area contributed by atoms with Gasteiger partial charge in [-0.3, -0.25) is 4.90 Å². The summed E-state index contributed by atoms with van der Waals surface area (Å²) in [5.74, 6) is 1.97. The van der Waals surface area contributed by atoms with E-state index < -0.39 is 10.0 Å². The molecular weight excluding hydrogens is 494 g/mol. The molecule has 0 amide bonds. The second kappa shape index (κ2) is 10.8. The van der Waals surface area contributed by atoms with Crippen LogP contribution >= 0.6 is 0 Å². The molecule has 1 N–H and O–H groups in total. The first-order valence-corrected chi connectivity index (χ1v) is 14.6. The Hall–Kier alpha value is -3.33. The van der Waals surface area contributed by atoms with E-state index in [1.165, 1.54) is 5.56 Å². The molecule has 0 spiro atoms. The molecule has 3 aromatic carbocycles. The molecule has 1 aliphatic rings. The number of fused-ring (bicyclic) bond motifs is 1. The Morgan fingerprint density at radius 1 is 0.816 bits per heavy atom. The lowest BCUT2D eigenvalue weighted by Crippen LogP contribution is -2.49. The van der Waals surface area contributed by atoms with Crippen LogP contribution in [0.2, 0.25) is 0 Å². The van der Waals surface area contributed by atoms with Crippen LogP contribution in [0.25, 0.3) is 10.9 Å². The van der Waals surface area contributed by atoms with Crippen molar-refractivity contribution in [2.45, 2.75) is 44.6 Å². The summed E-state index contributed by atoms with van der Waals surface area (Å²) in [4.78, 5) is 12.4. The van der Waals surface area contributed by atoms with Crippen molar-refractivity contribution in [2.75, 3.05) is 31.5 Å². The van der Waals surface area contributed by atoms with Gasteiger partial charge in [-0.05, 0) is 61.7 Å². The fraction of sp³-hybridized carbons (Fsp3) is 0.333. The van der Waals surface area contributed by atoms with Gasteiger partial charge in [0, 0.05) is 37.3 Å². The van der Waals surface area contributed by atoms with Gasteiger partial charge in [0.2, 0.25) is 10.0 Å². The Kier molecular flexibility index (Phi) is 7.47. The van der Waals surface area contributed by atoms with Crippen molar-refractivity contribution in [1.82, 2.24) is 19.2 Å². The summed E-state index contributed by atoms with van der Waals surface area (Å²) in [7, 11) is -3.51. The number of aryl methyl sites for hydroxylation is 1. The van der Waals surface area contributed by atoms with E-state index in [1.54, 1.807) is 16.4 Å². The molecule has 5 rings (SSSR count). The average molecular weight is 530 g/mol. The highest BCUT2D eigenvalue weighted by atomic mass is 32.2. The summed E-state index contributed by atoms with van der Waals surface area (Å²) in [5.41, 5.74) is 4.19. The molecule has 198 valence electrons. The number of para-hydroxylation sites is 1.